The van der Waals surface area contributed by atoms with Crippen LogP contribution < -0.4 is 10.1 Å². The number of imide groups is 1. The van der Waals surface area contributed by atoms with Gasteiger partial charge in [-0.25, -0.2) is 21.6 Å². The van der Waals surface area contributed by atoms with Crippen LogP contribution in [0.4, 0.5) is 13.2 Å². The Balaban J connectivity index is 1.53. The number of rotatable bonds is 11. The van der Waals surface area contributed by atoms with Gasteiger partial charge in [0.15, 0.2) is 21.4 Å². The maximum Gasteiger partial charge on any atom is 0.272 e. The highest BCUT2D eigenvalue weighted by Crippen LogP contribution is 2.50. The number of alkyl halides is 2. The van der Waals surface area contributed by atoms with Crippen LogP contribution in [0.2, 0.25) is 0 Å². The minimum Gasteiger partial charge on any atom is -0.485 e. The van der Waals surface area contributed by atoms with Gasteiger partial charge in [-0.15, -0.1) is 0 Å². The Hall–Kier alpha value is -2.36. The molecule has 1 atom stereocenters. The lowest BCUT2D eigenvalue weighted by Gasteiger charge is -2.19. The van der Waals surface area contributed by atoms with E-state index in [1.54, 1.807) is 12.2 Å². The Labute approximate surface area is 185 Å². The molecular formula is C22H26F3NO5S. The summed E-state index contributed by atoms with van der Waals surface area (Å²) in [4.78, 5) is 22.9. The molecule has 1 aromatic rings. The van der Waals surface area contributed by atoms with Crippen molar-refractivity contribution in [1.82, 2.24) is 5.32 Å². The van der Waals surface area contributed by atoms with Crippen LogP contribution in [-0.2, 0) is 24.8 Å². The fourth-order valence-electron chi connectivity index (χ4n) is 3.85. The van der Waals surface area contributed by atoms with Gasteiger partial charge in [0, 0.05) is 17.8 Å². The molecule has 1 aromatic carbocycles. The van der Waals surface area contributed by atoms with E-state index < -0.39 is 34.1 Å². The van der Waals surface area contributed by atoms with Crippen LogP contribution >= 0.6 is 0 Å². The molecule has 3 rings (SSSR count). The fourth-order valence-corrected chi connectivity index (χ4v) is 5.78. The molecule has 0 radical (unpaired) electrons. The van der Waals surface area contributed by atoms with Crippen molar-refractivity contribution >= 4 is 21.7 Å². The van der Waals surface area contributed by atoms with Crippen molar-refractivity contribution in [3.8, 4) is 5.75 Å². The third kappa shape index (κ3) is 6.57. The van der Waals surface area contributed by atoms with E-state index in [1.807, 2.05) is 0 Å². The van der Waals surface area contributed by atoms with Crippen LogP contribution in [-0.4, -0.2) is 44.8 Å². The van der Waals surface area contributed by atoms with Crippen LogP contribution in [0.3, 0.4) is 0 Å². The first-order valence-corrected chi connectivity index (χ1v) is 12.3. The topological polar surface area (TPSA) is 89.5 Å². The molecule has 10 heteroatoms. The average Bonchev–Trinajstić information content (AvgIpc) is 3.48. The predicted molar refractivity (Wildman–Crippen MR) is 112 cm³/mol. The van der Waals surface area contributed by atoms with E-state index in [0.717, 1.165) is 6.07 Å². The van der Waals surface area contributed by atoms with Crippen LogP contribution in [0.5, 0.6) is 5.75 Å². The van der Waals surface area contributed by atoms with Gasteiger partial charge in [0.2, 0.25) is 11.8 Å². The van der Waals surface area contributed by atoms with Crippen molar-refractivity contribution in [2.75, 3.05) is 18.1 Å². The molecule has 2 aliphatic rings. The summed E-state index contributed by atoms with van der Waals surface area (Å²) in [5.74, 6) is -2.11. The Morgan fingerprint density at radius 1 is 1.22 bits per heavy atom. The highest BCUT2D eigenvalue weighted by molar-refractivity contribution is 7.91. The number of nitrogens with one attached hydrogen (secondary N) is 1. The van der Waals surface area contributed by atoms with Gasteiger partial charge in [-0.1, -0.05) is 18.2 Å². The second-order valence-corrected chi connectivity index (χ2v) is 10.5. The molecule has 1 saturated heterocycles. The maximum absolute atomic E-state index is 13.8. The van der Waals surface area contributed by atoms with Gasteiger partial charge in [0.1, 0.15) is 6.61 Å². The zero-order valence-corrected chi connectivity index (χ0v) is 18.3. The number of benzene rings is 1. The molecule has 1 N–H and O–H groups in total. The van der Waals surface area contributed by atoms with Crippen molar-refractivity contribution in [3.05, 3.63) is 41.7 Å². The number of hydrogen-bond acceptors (Lipinski definition) is 5. The molecule has 1 unspecified atom stereocenters. The van der Waals surface area contributed by atoms with E-state index in [1.165, 1.54) is 12.1 Å². The monoisotopic (exact) mass is 473 g/mol. The number of carbonyl (C=O) groups is 2. The molecule has 176 valence electrons. The molecule has 2 fully saturated rings. The summed E-state index contributed by atoms with van der Waals surface area (Å²) in [7, 11) is -3.43. The zero-order chi connectivity index (χ0) is 23.4. The lowest BCUT2D eigenvalue weighted by Crippen LogP contribution is -2.40. The standard InChI is InChI=1S/C22H26F3NO5S/c23-17-7-6-16(12-18(17)31-13-19(24)25)22(9-10-22)14-32(29,30)11-3-1-2-4-15-5-8-20(27)26-21(15)28/h1-2,6-7,12,15,19H,3-5,8-11,13-14H2,(H,26,27,28)/b2-1+. The Kier molecular flexibility index (Phi) is 7.63. The van der Waals surface area contributed by atoms with Crippen molar-refractivity contribution in [2.45, 2.75) is 50.4 Å². The van der Waals surface area contributed by atoms with Crippen LogP contribution in [0.15, 0.2) is 30.4 Å². The Bertz CT molecular complexity index is 989. The SMILES string of the molecule is O=C1CCC(C/C=C/CCS(=O)(=O)CC2(c3ccc(F)c(OCC(F)F)c3)CC2)C(=O)N1. The summed E-state index contributed by atoms with van der Waals surface area (Å²) in [6, 6.07) is 3.91. The first-order valence-electron chi connectivity index (χ1n) is 10.5. The van der Waals surface area contributed by atoms with Crippen molar-refractivity contribution in [3.63, 3.8) is 0 Å². The van der Waals surface area contributed by atoms with Crippen molar-refractivity contribution in [2.24, 2.45) is 5.92 Å². The molecule has 0 aromatic heterocycles. The molecule has 2 amide bonds. The number of sulfone groups is 1. The number of hydrogen-bond donors (Lipinski definition) is 1. The van der Waals surface area contributed by atoms with Gasteiger partial charge in [0.05, 0.1) is 11.5 Å². The fraction of sp³-hybridized carbons (Fsp3) is 0.545. The third-order valence-electron chi connectivity index (χ3n) is 5.79. The van der Waals surface area contributed by atoms with E-state index in [4.69, 9.17) is 4.74 Å². The largest absolute Gasteiger partial charge is 0.485 e. The summed E-state index contributed by atoms with van der Waals surface area (Å²) < 4.78 is 68.7. The number of carbonyl (C=O) groups excluding carboxylic acids is 2. The van der Waals surface area contributed by atoms with E-state index in [2.05, 4.69) is 5.32 Å². The first-order chi connectivity index (χ1) is 15.1. The van der Waals surface area contributed by atoms with Gasteiger partial charge in [0.25, 0.3) is 6.43 Å². The van der Waals surface area contributed by atoms with E-state index >= 15 is 0 Å². The second kappa shape index (κ2) is 10.1. The molecule has 1 aliphatic heterocycles. The van der Waals surface area contributed by atoms with E-state index in [9.17, 15) is 31.2 Å². The van der Waals surface area contributed by atoms with Crippen LogP contribution in [0.25, 0.3) is 0 Å². The molecule has 0 spiro atoms. The third-order valence-corrected chi connectivity index (χ3v) is 7.64. The van der Waals surface area contributed by atoms with E-state index in [0.29, 0.717) is 37.7 Å². The highest BCUT2D eigenvalue weighted by atomic mass is 32.2. The van der Waals surface area contributed by atoms with Gasteiger partial charge in [-0.05, 0) is 49.8 Å². The number of allylic oxidation sites excluding steroid dienone is 2. The summed E-state index contributed by atoms with van der Waals surface area (Å²) in [6.07, 6.45) is 3.48. The zero-order valence-electron chi connectivity index (χ0n) is 17.5. The molecule has 0 bridgehead atoms. The smallest absolute Gasteiger partial charge is 0.272 e. The van der Waals surface area contributed by atoms with Crippen molar-refractivity contribution < 1.29 is 35.9 Å². The quantitative estimate of drug-likeness (QED) is 0.394. The maximum atomic E-state index is 13.8. The summed E-state index contributed by atoms with van der Waals surface area (Å²) in [5.41, 5.74) is -0.0773. The Morgan fingerprint density at radius 3 is 2.62 bits per heavy atom. The summed E-state index contributed by atoms with van der Waals surface area (Å²) in [5, 5.41) is 2.29. The van der Waals surface area contributed by atoms with Crippen LogP contribution in [0.1, 0.15) is 44.1 Å². The highest BCUT2D eigenvalue weighted by Gasteiger charge is 2.47. The number of ether oxygens (including phenoxy) is 1. The molecule has 32 heavy (non-hydrogen) atoms. The average molecular weight is 474 g/mol. The lowest BCUT2D eigenvalue weighted by molar-refractivity contribution is -0.136. The molecule has 1 saturated carbocycles. The van der Waals surface area contributed by atoms with Gasteiger partial charge >= 0.3 is 0 Å². The van der Waals surface area contributed by atoms with E-state index in [-0.39, 0.29) is 41.4 Å². The molecule has 6 nitrogen and oxygen atoms in total. The number of halogens is 3. The number of piperidine rings is 1. The van der Waals surface area contributed by atoms with Gasteiger partial charge in [-0.3, -0.25) is 14.9 Å². The Morgan fingerprint density at radius 2 is 1.97 bits per heavy atom. The first kappa shape index (κ1) is 24.3. The second-order valence-electron chi connectivity index (χ2n) is 8.36. The minimum atomic E-state index is -3.43. The molecule has 1 heterocycles. The lowest BCUT2D eigenvalue weighted by atomic mass is 9.95. The van der Waals surface area contributed by atoms with Crippen molar-refractivity contribution in [1.29, 1.82) is 0 Å². The minimum absolute atomic E-state index is 0.0729. The summed E-state index contributed by atoms with van der Waals surface area (Å²) >= 11 is 0. The normalized spacial score (nSPS) is 20.6. The predicted octanol–water partition coefficient (Wildman–Crippen LogP) is 3.31. The summed E-state index contributed by atoms with van der Waals surface area (Å²) in [6.45, 7) is -0.934. The van der Waals surface area contributed by atoms with Gasteiger partial charge < -0.3 is 4.74 Å². The van der Waals surface area contributed by atoms with Gasteiger partial charge in [-0.2, -0.15) is 0 Å². The number of amides is 2. The molecule has 1 aliphatic carbocycles. The molecular weight excluding hydrogens is 447 g/mol. The van der Waals surface area contributed by atoms with Crippen LogP contribution in [0, 0.1) is 11.7 Å².